The number of hydrogen-bond acceptors (Lipinski definition) is 3. The van der Waals surface area contributed by atoms with E-state index >= 15 is 0 Å². The maximum atomic E-state index is 10.9. The van der Waals surface area contributed by atoms with Crippen molar-refractivity contribution in [3.05, 3.63) is 35.9 Å². The lowest BCUT2D eigenvalue weighted by atomic mass is 10.0. The fourth-order valence-corrected chi connectivity index (χ4v) is 1.86. The topological polar surface area (TPSA) is 68.0 Å². The Hall–Kier alpha value is -2.17. The molecule has 2 aromatic rings. The van der Waals surface area contributed by atoms with Gasteiger partial charge in [-0.2, -0.15) is 5.10 Å². The van der Waals surface area contributed by atoms with Gasteiger partial charge in [0.05, 0.1) is 11.3 Å². The molecule has 0 saturated carbocycles. The van der Waals surface area contributed by atoms with E-state index in [0.29, 0.717) is 0 Å². The minimum Gasteiger partial charge on any atom is -0.478 e. The summed E-state index contributed by atoms with van der Waals surface area (Å²) < 4.78 is 1.73. The molecular formula is C13H15N3O2. The lowest BCUT2D eigenvalue weighted by Crippen LogP contribution is -1.98. The Morgan fingerprint density at radius 1 is 1.39 bits per heavy atom. The molecule has 0 amide bonds. The van der Waals surface area contributed by atoms with Crippen LogP contribution in [0.2, 0.25) is 0 Å². The molecule has 0 fully saturated rings. The third-order valence-electron chi connectivity index (χ3n) is 2.70. The summed E-state index contributed by atoms with van der Waals surface area (Å²) in [6, 6.07) is 1.62. The summed E-state index contributed by atoms with van der Waals surface area (Å²) in [5, 5.41) is 13.4. The number of rotatable bonds is 3. The number of carboxylic acid groups (broad SMARTS) is 1. The molecule has 5 heteroatoms. The molecule has 2 aromatic heterocycles. The number of aryl methyl sites for hydroxylation is 1. The van der Waals surface area contributed by atoms with E-state index in [1.165, 1.54) is 6.20 Å². The van der Waals surface area contributed by atoms with E-state index in [0.717, 1.165) is 16.8 Å². The zero-order valence-electron chi connectivity index (χ0n) is 10.6. The standard InChI is InChI=1S/C13H15N3O2/c1-8(2)12-11(7-16(3)15-12)9-4-10(13(17)18)6-14-5-9/h4-8H,1-3H3,(H,17,18). The highest BCUT2D eigenvalue weighted by atomic mass is 16.4. The molecule has 0 aliphatic rings. The summed E-state index contributed by atoms with van der Waals surface area (Å²) in [6.07, 6.45) is 4.89. The Balaban J connectivity index is 2.54. The number of aromatic carboxylic acids is 1. The van der Waals surface area contributed by atoms with Crippen LogP contribution in [-0.2, 0) is 7.05 Å². The highest BCUT2D eigenvalue weighted by Gasteiger charge is 2.14. The molecule has 5 nitrogen and oxygen atoms in total. The molecule has 0 radical (unpaired) electrons. The van der Waals surface area contributed by atoms with Crippen LogP contribution in [0.15, 0.2) is 24.7 Å². The number of carboxylic acids is 1. The van der Waals surface area contributed by atoms with Crippen molar-refractivity contribution in [3.8, 4) is 11.1 Å². The molecule has 2 rings (SSSR count). The van der Waals surface area contributed by atoms with Crippen molar-refractivity contribution in [2.45, 2.75) is 19.8 Å². The first kappa shape index (κ1) is 12.3. The zero-order valence-corrected chi connectivity index (χ0v) is 10.6. The van der Waals surface area contributed by atoms with Gasteiger partial charge in [-0.25, -0.2) is 4.79 Å². The molecule has 2 heterocycles. The third kappa shape index (κ3) is 2.25. The monoisotopic (exact) mass is 245 g/mol. The molecule has 0 spiro atoms. The van der Waals surface area contributed by atoms with Gasteiger partial charge in [-0.1, -0.05) is 13.8 Å². The first-order valence-corrected chi connectivity index (χ1v) is 5.71. The van der Waals surface area contributed by atoms with Crippen LogP contribution in [0.5, 0.6) is 0 Å². The van der Waals surface area contributed by atoms with Gasteiger partial charge in [0.15, 0.2) is 0 Å². The van der Waals surface area contributed by atoms with Gasteiger partial charge in [-0.3, -0.25) is 9.67 Å². The molecule has 0 aromatic carbocycles. The maximum Gasteiger partial charge on any atom is 0.337 e. The third-order valence-corrected chi connectivity index (χ3v) is 2.70. The molecule has 0 unspecified atom stereocenters. The van der Waals surface area contributed by atoms with Gasteiger partial charge in [0.25, 0.3) is 0 Å². The van der Waals surface area contributed by atoms with Gasteiger partial charge in [-0.15, -0.1) is 0 Å². The second kappa shape index (κ2) is 4.60. The number of nitrogens with zero attached hydrogens (tertiary/aromatic N) is 3. The number of pyridine rings is 1. The Bertz CT molecular complexity index is 588. The summed E-state index contributed by atoms with van der Waals surface area (Å²) in [6.45, 7) is 4.11. The molecule has 1 N–H and O–H groups in total. The lowest BCUT2D eigenvalue weighted by Gasteiger charge is -2.05. The minimum atomic E-state index is -0.973. The van der Waals surface area contributed by atoms with Crippen molar-refractivity contribution in [3.63, 3.8) is 0 Å². The van der Waals surface area contributed by atoms with Gasteiger partial charge in [0.2, 0.25) is 0 Å². The predicted molar refractivity (Wildman–Crippen MR) is 67.5 cm³/mol. The SMILES string of the molecule is CC(C)c1nn(C)cc1-c1cncc(C(=O)O)c1. The van der Waals surface area contributed by atoms with Crippen LogP contribution in [0.1, 0.15) is 35.8 Å². The summed E-state index contributed by atoms with van der Waals surface area (Å²) in [7, 11) is 1.85. The molecule has 94 valence electrons. The molecule has 18 heavy (non-hydrogen) atoms. The van der Waals surface area contributed by atoms with Crippen molar-refractivity contribution >= 4 is 5.97 Å². The first-order chi connectivity index (χ1) is 8.49. The Kier molecular flexibility index (Phi) is 3.14. The van der Waals surface area contributed by atoms with E-state index in [1.54, 1.807) is 16.9 Å². The first-order valence-electron chi connectivity index (χ1n) is 5.71. The van der Waals surface area contributed by atoms with E-state index < -0.39 is 5.97 Å². The largest absolute Gasteiger partial charge is 0.478 e. The van der Waals surface area contributed by atoms with Crippen molar-refractivity contribution in [2.24, 2.45) is 7.05 Å². The Morgan fingerprint density at radius 2 is 2.11 bits per heavy atom. The molecular weight excluding hydrogens is 230 g/mol. The predicted octanol–water partition coefficient (Wildman–Crippen LogP) is 2.30. The Morgan fingerprint density at radius 3 is 2.72 bits per heavy atom. The normalized spacial score (nSPS) is 10.9. The van der Waals surface area contributed by atoms with E-state index in [1.807, 2.05) is 13.2 Å². The minimum absolute atomic E-state index is 0.186. The number of hydrogen-bond donors (Lipinski definition) is 1. The van der Waals surface area contributed by atoms with Gasteiger partial charge >= 0.3 is 5.97 Å². The van der Waals surface area contributed by atoms with Crippen LogP contribution in [0.4, 0.5) is 0 Å². The number of aromatic nitrogens is 3. The van der Waals surface area contributed by atoms with Crippen molar-refractivity contribution in [1.82, 2.24) is 14.8 Å². The zero-order chi connectivity index (χ0) is 13.3. The fourth-order valence-electron chi connectivity index (χ4n) is 1.86. The van der Waals surface area contributed by atoms with Crippen molar-refractivity contribution < 1.29 is 9.90 Å². The summed E-state index contributed by atoms with van der Waals surface area (Å²) in [5.41, 5.74) is 2.85. The summed E-state index contributed by atoms with van der Waals surface area (Å²) >= 11 is 0. The Labute approximate surface area is 105 Å². The molecule has 0 aliphatic carbocycles. The number of carbonyl (C=O) groups is 1. The quantitative estimate of drug-likeness (QED) is 0.900. The van der Waals surface area contributed by atoms with Crippen molar-refractivity contribution in [2.75, 3.05) is 0 Å². The van der Waals surface area contributed by atoms with E-state index in [9.17, 15) is 4.79 Å². The van der Waals surface area contributed by atoms with Gasteiger partial charge in [-0.05, 0) is 12.0 Å². The fraction of sp³-hybridized carbons (Fsp3) is 0.308. The molecule has 0 saturated heterocycles. The van der Waals surface area contributed by atoms with Crippen LogP contribution >= 0.6 is 0 Å². The second-order valence-electron chi connectivity index (χ2n) is 4.52. The lowest BCUT2D eigenvalue weighted by molar-refractivity contribution is 0.0696. The second-order valence-corrected chi connectivity index (χ2v) is 4.52. The summed E-state index contributed by atoms with van der Waals surface area (Å²) in [5.74, 6) is -0.700. The van der Waals surface area contributed by atoms with Crippen LogP contribution in [0.25, 0.3) is 11.1 Å². The van der Waals surface area contributed by atoms with E-state index in [2.05, 4.69) is 23.9 Å². The molecule has 0 bridgehead atoms. The summed E-state index contributed by atoms with van der Waals surface area (Å²) in [4.78, 5) is 14.9. The van der Waals surface area contributed by atoms with Crippen LogP contribution < -0.4 is 0 Å². The van der Waals surface area contributed by atoms with E-state index in [-0.39, 0.29) is 11.5 Å². The van der Waals surface area contributed by atoms with Crippen molar-refractivity contribution in [1.29, 1.82) is 0 Å². The molecule has 0 aliphatic heterocycles. The van der Waals surface area contributed by atoms with E-state index in [4.69, 9.17) is 5.11 Å². The highest BCUT2D eigenvalue weighted by molar-refractivity contribution is 5.89. The average molecular weight is 245 g/mol. The van der Waals surface area contributed by atoms with Gasteiger partial charge < -0.3 is 5.11 Å². The highest BCUT2D eigenvalue weighted by Crippen LogP contribution is 2.27. The van der Waals surface area contributed by atoms with Gasteiger partial charge in [0.1, 0.15) is 0 Å². The van der Waals surface area contributed by atoms with Crippen LogP contribution in [0.3, 0.4) is 0 Å². The smallest absolute Gasteiger partial charge is 0.337 e. The van der Waals surface area contributed by atoms with Crippen LogP contribution in [-0.4, -0.2) is 25.8 Å². The average Bonchev–Trinajstić information content (AvgIpc) is 2.72. The van der Waals surface area contributed by atoms with Crippen LogP contribution in [0, 0.1) is 0 Å². The molecule has 0 atom stereocenters. The van der Waals surface area contributed by atoms with Gasteiger partial charge in [0, 0.05) is 36.8 Å². The maximum absolute atomic E-state index is 10.9.